The van der Waals surface area contributed by atoms with Crippen LogP contribution in [0.3, 0.4) is 0 Å². The number of carbonyl (C=O) groups is 1. The number of nitrogens with zero attached hydrogens (tertiary/aromatic N) is 2. The van der Waals surface area contributed by atoms with Crippen LogP contribution in [0.4, 0.5) is 0 Å². The number of thiophene rings is 1. The molecule has 7 nitrogen and oxygen atoms in total. The van der Waals surface area contributed by atoms with Crippen LogP contribution in [0.2, 0.25) is 0 Å². The van der Waals surface area contributed by atoms with Gasteiger partial charge in [-0.05, 0) is 17.0 Å². The average molecular weight is 363 g/mol. The van der Waals surface area contributed by atoms with E-state index in [0.717, 1.165) is 0 Å². The molecule has 0 aliphatic rings. The second-order valence-corrected chi connectivity index (χ2v) is 7.68. The van der Waals surface area contributed by atoms with E-state index in [0.29, 0.717) is 10.4 Å². The molecular weight excluding hydrogens is 350 g/mol. The molecule has 0 unspecified atom stereocenters. The van der Waals surface area contributed by atoms with Gasteiger partial charge in [0, 0.05) is 0 Å². The van der Waals surface area contributed by atoms with Crippen LogP contribution < -0.4 is 5.32 Å². The van der Waals surface area contributed by atoms with Crippen molar-refractivity contribution in [3.05, 3.63) is 64.2 Å². The number of benzene rings is 1. The van der Waals surface area contributed by atoms with Gasteiger partial charge in [0.25, 0.3) is 5.91 Å². The number of rotatable bonds is 6. The minimum absolute atomic E-state index is 0.0338. The van der Waals surface area contributed by atoms with Gasteiger partial charge >= 0.3 is 5.22 Å². The van der Waals surface area contributed by atoms with Crippen molar-refractivity contribution < 1.29 is 17.6 Å². The second kappa shape index (κ2) is 6.93. The summed E-state index contributed by atoms with van der Waals surface area (Å²) in [5.74, 6) is -0.472. The van der Waals surface area contributed by atoms with Gasteiger partial charge in [0.05, 0.1) is 17.2 Å². The molecule has 1 N–H and O–H groups in total. The molecule has 2 heterocycles. The molecule has 3 rings (SSSR count). The number of amides is 1. The fourth-order valence-corrected chi connectivity index (χ4v) is 3.72. The van der Waals surface area contributed by atoms with Crippen molar-refractivity contribution in [3.8, 4) is 0 Å². The van der Waals surface area contributed by atoms with E-state index < -0.39 is 15.1 Å². The highest BCUT2D eigenvalue weighted by Crippen LogP contribution is 2.15. The second-order valence-electron chi connectivity index (χ2n) is 4.87. The highest BCUT2D eigenvalue weighted by molar-refractivity contribution is 7.90. The molecule has 0 radical (unpaired) electrons. The van der Waals surface area contributed by atoms with Crippen molar-refractivity contribution >= 4 is 27.1 Å². The Bertz CT molecular complexity index is 919. The Hall–Kier alpha value is -2.52. The first-order valence-electron chi connectivity index (χ1n) is 6.95. The highest BCUT2D eigenvalue weighted by Gasteiger charge is 2.23. The summed E-state index contributed by atoms with van der Waals surface area (Å²) in [6.45, 7) is -0.0371. The third kappa shape index (κ3) is 3.87. The summed E-state index contributed by atoms with van der Waals surface area (Å²) in [6, 6.07) is 12.2. The van der Waals surface area contributed by atoms with Gasteiger partial charge in [-0.3, -0.25) is 4.79 Å². The van der Waals surface area contributed by atoms with Crippen LogP contribution >= 0.6 is 11.3 Å². The van der Waals surface area contributed by atoms with E-state index in [1.54, 1.807) is 47.8 Å². The standard InChI is InChI=1S/C15H13N3O4S2/c19-14(12-7-4-8-23-12)16-9-13-17-18-15(22-13)24(20,21)10-11-5-2-1-3-6-11/h1-8H,9-10H2,(H,16,19). The van der Waals surface area contributed by atoms with Crippen molar-refractivity contribution in [3.63, 3.8) is 0 Å². The number of hydrogen-bond acceptors (Lipinski definition) is 7. The molecule has 0 aliphatic heterocycles. The van der Waals surface area contributed by atoms with Crippen molar-refractivity contribution in [2.75, 3.05) is 0 Å². The largest absolute Gasteiger partial charge is 0.411 e. The number of carbonyl (C=O) groups excluding carboxylic acids is 1. The van der Waals surface area contributed by atoms with Crippen molar-refractivity contribution in [2.24, 2.45) is 0 Å². The molecule has 0 fully saturated rings. The first-order chi connectivity index (χ1) is 11.5. The summed E-state index contributed by atoms with van der Waals surface area (Å²) in [5.41, 5.74) is 0.628. The lowest BCUT2D eigenvalue weighted by atomic mass is 10.2. The molecule has 3 aromatic rings. The zero-order chi connectivity index (χ0) is 17.0. The van der Waals surface area contributed by atoms with Crippen LogP contribution in [0.15, 0.2) is 57.5 Å². The SMILES string of the molecule is O=C(NCc1nnc(S(=O)(=O)Cc2ccccc2)o1)c1cccs1. The molecule has 0 spiro atoms. The minimum Gasteiger partial charge on any atom is -0.411 e. The van der Waals surface area contributed by atoms with E-state index in [1.807, 2.05) is 0 Å². The molecule has 0 saturated heterocycles. The Balaban J connectivity index is 1.65. The number of aromatic nitrogens is 2. The maximum absolute atomic E-state index is 12.3. The normalized spacial score (nSPS) is 11.3. The monoisotopic (exact) mass is 363 g/mol. The zero-order valence-electron chi connectivity index (χ0n) is 12.4. The summed E-state index contributed by atoms with van der Waals surface area (Å²) in [4.78, 5) is 12.4. The van der Waals surface area contributed by atoms with Crippen LogP contribution in [-0.2, 0) is 22.1 Å². The lowest BCUT2D eigenvalue weighted by Gasteiger charge is -2.00. The maximum atomic E-state index is 12.3. The minimum atomic E-state index is -3.73. The first kappa shape index (κ1) is 16.3. The van der Waals surface area contributed by atoms with Crippen LogP contribution in [0.25, 0.3) is 0 Å². The van der Waals surface area contributed by atoms with Gasteiger partial charge in [-0.25, -0.2) is 8.42 Å². The van der Waals surface area contributed by atoms with Gasteiger partial charge in [0.15, 0.2) is 0 Å². The molecule has 24 heavy (non-hydrogen) atoms. The van der Waals surface area contributed by atoms with E-state index in [1.165, 1.54) is 11.3 Å². The molecule has 0 bridgehead atoms. The van der Waals surface area contributed by atoms with E-state index in [2.05, 4.69) is 15.5 Å². The number of hydrogen-bond donors (Lipinski definition) is 1. The Kier molecular flexibility index (Phi) is 4.72. The van der Waals surface area contributed by atoms with Gasteiger partial charge in [-0.2, -0.15) is 0 Å². The third-order valence-electron chi connectivity index (χ3n) is 3.06. The third-order valence-corrected chi connectivity index (χ3v) is 5.34. The molecule has 1 amide bonds. The van der Waals surface area contributed by atoms with Gasteiger partial charge in [-0.1, -0.05) is 41.5 Å². The van der Waals surface area contributed by atoms with Gasteiger partial charge < -0.3 is 9.73 Å². The van der Waals surface area contributed by atoms with Crippen molar-refractivity contribution in [1.82, 2.24) is 15.5 Å². The Labute approximate surface area is 142 Å². The van der Waals surface area contributed by atoms with Crippen LogP contribution in [0, 0.1) is 0 Å². The summed E-state index contributed by atoms with van der Waals surface area (Å²) in [6.07, 6.45) is 0. The Morgan fingerprint density at radius 1 is 1.12 bits per heavy atom. The van der Waals surface area contributed by atoms with Gasteiger partial charge in [0.1, 0.15) is 0 Å². The van der Waals surface area contributed by atoms with Crippen molar-refractivity contribution in [1.29, 1.82) is 0 Å². The Morgan fingerprint density at radius 2 is 1.92 bits per heavy atom. The summed E-state index contributed by atoms with van der Waals surface area (Å²) in [5, 5.41) is 11.2. The summed E-state index contributed by atoms with van der Waals surface area (Å²) in [7, 11) is -3.73. The lowest BCUT2D eigenvalue weighted by molar-refractivity contribution is 0.0951. The van der Waals surface area contributed by atoms with E-state index >= 15 is 0 Å². The molecule has 1 aromatic carbocycles. The topological polar surface area (TPSA) is 102 Å². The highest BCUT2D eigenvalue weighted by atomic mass is 32.2. The van der Waals surface area contributed by atoms with Gasteiger partial charge in [-0.15, -0.1) is 16.4 Å². The molecular formula is C15H13N3O4S2. The van der Waals surface area contributed by atoms with E-state index in [9.17, 15) is 13.2 Å². The molecule has 9 heteroatoms. The quantitative estimate of drug-likeness (QED) is 0.719. The fraction of sp³-hybridized carbons (Fsp3) is 0.133. The number of nitrogens with one attached hydrogen (secondary N) is 1. The fourth-order valence-electron chi connectivity index (χ4n) is 1.94. The van der Waals surface area contributed by atoms with E-state index in [4.69, 9.17) is 4.42 Å². The predicted octanol–water partition coefficient (Wildman–Crippen LogP) is 2.04. The molecule has 0 aliphatic carbocycles. The number of sulfone groups is 1. The molecule has 0 atom stereocenters. The molecule has 0 saturated carbocycles. The van der Waals surface area contributed by atoms with Crippen LogP contribution in [0.5, 0.6) is 0 Å². The molecule has 124 valence electrons. The first-order valence-corrected chi connectivity index (χ1v) is 9.48. The summed E-state index contributed by atoms with van der Waals surface area (Å²) >= 11 is 1.30. The summed E-state index contributed by atoms with van der Waals surface area (Å²) < 4.78 is 29.7. The van der Waals surface area contributed by atoms with Crippen LogP contribution in [0.1, 0.15) is 21.1 Å². The van der Waals surface area contributed by atoms with Crippen LogP contribution in [-0.4, -0.2) is 24.5 Å². The lowest BCUT2D eigenvalue weighted by Crippen LogP contribution is -2.21. The van der Waals surface area contributed by atoms with E-state index in [-0.39, 0.29) is 24.1 Å². The smallest absolute Gasteiger partial charge is 0.335 e. The van der Waals surface area contributed by atoms with Gasteiger partial charge in [0.2, 0.25) is 15.7 Å². The van der Waals surface area contributed by atoms with Crippen molar-refractivity contribution in [2.45, 2.75) is 17.5 Å². The predicted molar refractivity (Wildman–Crippen MR) is 87.1 cm³/mol. The zero-order valence-corrected chi connectivity index (χ0v) is 14.0. The molecule has 2 aromatic heterocycles. The Morgan fingerprint density at radius 3 is 2.62 bits per heavy atom. The maximum Gasteiger partial charge on any atom is 0.335 e. The average Bonchev–Trinajstić information content (AvgIpc) is 3.25.